The minimum Gasteiger partial charge on any atom is -0.466 e. The summed E-state index contributed by atoms with van der Waals surface area (Å²) in [6.07, 6.45) is 110. The van der Waals surface area contributed by atoms with Crippen molar-refractivity contribution in [3.63, 3.8) is 0 Å². The highest BCUT2D eigenvalue weighted by Crippen LogP contribution is 2.22. The van der Waals surface area contributed by atoms with Crippen LogP contribution in [0.3, 0.4) is 0 Å². The minimum atomic E-state index is -0.660. The molecule has 0 rings (SSSR count). The molecule has 0 aromatic rings. The molecule has 96 heavy (non-hydrogen) atoms. The number of aliphatic hydroxyl groups is 2. The van der Waals surface area contributed by atoms with Crippen LogP contribution in [0.25, 0.3) is 0 Å². The molecule has 6 nitrogen and oxygen atoms in total. The third-order valence-electron chi connectivity index (χ3n) is 21.9. The molecule has 3 N–H and O–H groups in total. The molecule has 0 heterocycles. The molecule has 0 fully saturated rings. The predicted octanol–water partition coefficient (Wildman–Crippen LogP) is 30.4. The van der Waals surface area contributed by atoms with Crippen molar-refractivity contribution in [2.75, 3.05) is 13.2 Å². The van der Waals surface area contributed by atoms with Crippen molar-refractivity contribution >= 4 is 11.9 Å². The Labute approximate surface area is 604 Å². The van der Waals surface area contributed by atoms with Crippen LogP contribution in [0.2, 0.25) is 0 Å². The highest BCUT2D eigenvalue weighted by Gasteiger charge is 2.20. The summed E-state index contributed by atoms with van der Waals surface area (Å²) in [7, 11) is 0. The van der Waals surface area contributed by atoms with Gasteiger partial charge in [0, 0.05) is 12.8 Å². The van der Waals surface area contributed by atoms with E-state index < -0.39 is 12.1 Å². The van der Waals surface area contributed by atoms with Crippen molar-refractivity contribution in [2.45, 2.75) is 553 Å². The van der Waals surface area contributed by atoms with Gasteiger partial charge in [-0.3, -0.25) is 9.59 Å². The van der Waals surface area contributed by atoms with E-state index in [9.17, 15) is 19.8 Å². The number of amides is 1. The van der Waals surface area contributed by atoms with Gasteiger partial charge >= 0.3 is 5.97 Å². The van der Waals surface area contributed by atoms with E-state index in [2.05, 4.69) is 19.2 Å². The molecular weight excluding hydrogens is 1170 g/mol. The van der Waals surface area contributed by atoms with Crippen LogP contribution >= 0.6 is 0 Å². The average Bonchev–Trinajstić information content (AvgIpc) is 3.72. The van der Waals surface area contributed by atoms with Gasteiger partial charge in [-0.05, 0) is 25.7 Å². The molecule has 0 radical (unpaired) electrons. The molecule has 2 atom stereocenters. The Morgan fingerprint density at radius 1 is 0.250 bits per heavy atom. The first-order valence-electron chi connectivity index (χ1n) is 45.3. The maximum atomic E-state index is 12.6. The molecule has 0 saturated heterocycles. The Balaban J connectivity index is 3.28. The van der Waals surface area contributed by atoms with Gasteiger partial charge in [0.05, 0.1) is 25.4 Å². The standard InChI is InChI=1S/C90H179NO5/c1-3-5-7-9-11-13-15-17-19-21-23-43-47-50-54-58-62-66-70-74-78-82-88(93)87(86-92)91-89(94)83-79-75-71-67-63-59-55-51-48-44-41-39-37-35-33-31-29-27-25-24-26-28-30-32-34-36-38-40-42-45-49-53-57-61-65-69-73-77-81-85-96-90(95)84-80-76-72-68-64-60-56-52-46-22-20-18-16-14-12-10-8-6-4-2/h87-88,92-93H,3-86H2,1-2H3,(H,91,94). The molecule has 0 aliphatic carbocycles. The number of hydrogen-bond acceptors (Lipinski definition) is 5. The van der Waals surface area contributed by atoms with Crippen molar-refractivity contribution in [1.29, 1.82) is 0 Å². The first-order valence-corrected chi connectivity index (χ1v) is 45.3. The Hall–Kier alpha value is -1.14. The molecule has 0 aromatic heterocycles. The summed E-state index contributed by atoms with van der Waals surface area (Å²) in [6, 6.07) is -0.537. The Morgan fingerprint density at radius 3 is 0.635 bits per heavy atom. The van der Waals surface area contributed by atoms with E-state index in [0.717, 1.165) is 38.5 Å². The van der Waals surface area contributed by atoms with Crippen LogP contribution in [0, 0.1) is 0 Å². The topological polar surface area (TPSA) is 95.9 Å². The summed E-state index contributed by atoms with van der Waals surface area (Å²) in [5.41, 5.74) is 0. The number of ether oxygens (including phenoxy) is 1. The van der Waals surface area contributed by atoms with Crippen LogP contribution in [0.1, 0.15) is 540 Å². The fourth-order valence-electron chi connectivity index (χ4n) is 15.1. The van der Waals surface area contributed by atoms with Crippen molar-refractivity contribution in [2.24, 2.45) is 0 Å². The van der Waals surface area contributed by atoms with E-state index in [-0.39, 0.29) is 18.5 Å². The van der Waals surface area contributed by atoms with Gasteiger partial charge in [-0.15, -0.1) is 0 Å². The summed E-state index contributed by atoms with van der Waals surface area (Å²) in [5, 5.41) is 23.5. The maximum absolute atomic E-state index is 12.6. The summed E-state index contributed by atoms with van der Waals surface area (Å²) in [4.78, 5) is 24.7. The van der Waals surface area contributed by atoms with Gasteiger partial charge in [0.15, 0.2) is 0 Å². The number of nitrogens with one attached hydrogen (secondary N) is 1. The van der Waals surface area contributed by atoms with Gasteiger partial charge in [0.25, 0.3) is 0 Å². The number of carbonyl (C=O) groups is 2. The van der Waals surface area contributed by atoms with Crippen LogP contribution in [-0.2, 0) is 14.3 Å². The Bertz CT molecular complexity index is 1420. The van der Waals surface area contributed by atoms with Crippen molar-refractivity contribution < 1.29 is 24.5 Å². The quantitative estimate of drug-likeness (QED) is 0.0417. The van der Waals surface area contributed by atoms with Gasteiger partial charge in [-0.1, -0.05) is 502 Å². The Morgan fingerprint density at radius 2 is 0.427 bits per heavy atom. The van der Waals surface area contributed by atoms with Crippen LogP contribution < -0.4 is 5.32 Å². The summed E-state index contributed by atoms with van der Waals surface area (Å²) >= 11 is 0. The van der Waals surface area contributed by atoms with Gasteiger partial charge in [-0.2, -0.15) is 0 Å². The van der Waals surface area contributed by atoms with Gasteiger partial charge in [0.2, 0.25) is 5.91 Å². The lowest BCUT2D eigenvalue weighted by atomic mass is 10.0. The molecule has 574 valence electrons. The molecule has 0 aromatic carbocycles. The summed E-state index contributed by atoms with van der Waals surface area (Å²) in [5.74, 6) is 0.00845. The number of esters is 1. The molecule has 0 bridgehead atoms. The van der Waals surface area contributed by atoms with Crippen LogP contribution in [0.4, 0.5) is 0 Å². The third kappa shape index (κ3) is 81.8. The van der Waals surface area contributed by atoms with E-state index in [1.165, 1.54) is 469 Å². The number of hydrogen-bond donors (Lipinski definition) is 3. The maximum Gasteiger partial charge on any atom is 0.305 e. The second kappa shape index (κ2) is 86.3. The Kier molecular flexibility index (Phi) is 85.2. The largest absolute Gasteiger partial charge is 0.466 e. The smallest absolute Gasteiger partial charge is 0.305 e. The van der Waals surface area contributed by atoms with Crippen LogP contribution in [-0.4, -0.2) is 47.4 Å². The normalized spacial score (nSPS) is 12.3. The van der Waals surface area contributed by atoms with Crippen LogP contribution in [0.5, 0.6) is 0 Å². The second-order valence-electron chi connectivity index (χ2n) is 31.7. The summed E-state index contributed by atoms with van der Waals surface area (Å²) < 4.78 is 5.53. The van der Waals surface area contributed by atoms with E-state index in [0.29, 0.717) is 25.9 Å². The highest BCUT2D eigenvalue weighted by atomic mass is 16.5. The minimum absolute atomic E-state index is 0.0222. The first kappa shape index (κ1) is 94.9. The monoisotopic (exact) mass is 1350 g/mol. The van der Waals surface area contributed by atoms with E-state index in [1.54, 1.807) is 0 Å². The molecule has 0 aliphatic heterocycles. The zero-order valence-electron chi connectivity index (χ0n) is 66.2. The molecule has 0 aliphatic rings. The second-order valence-corrected chi connectivity index (χ2v) is 31.7. The zero-order chi connectivity index (χ0) is 69.1. The highest BCUT2D eigenvalue weighted by molar-refractivity contribution is 5.76. The number of rotatable bonds is 87. The zero-order valence-corrected chi connectivity index (χ0v) is 66.2. The SMILES string of the molecule is CCCCCCCCCCCCCCCCCCCCCCCC(O)C(CO)NC(=O)CCCCCCCCCCCCCCCCCCCCCCCCCCCCCCCCCCCCCCCCCOC(=O)CCCCCCCCCCCCCCCCCCCCC. The summed E-state index contributed by atoms with van der Waals surface area (Å²) in [6.45, 7) is 5.03. The lowest BCUT2D eigenvalue weighted by Crippen LogP contribution is -2.45. The molecule has 0 spiro atoms. The van der Waals surface area contributed by atoms with Gasteiger partial charge in [0.1, 0.15) is 0 Å². The first-order chi connectivity index (χ1) is 47.5. The molecule has 0 saturated carbocycles. The van der Waals surface area contributed by atoms with Crippen molar-refractivity contribution in [3.05, 3.63) is 0 Å². The fourth-order valence-corrected chi connectivity index (χ4v) is 15.1. The third-order valence-corrected chi connectivity index (χ3v) is 21.9. The fraction of sp³-hybridized carbons (Fsp3) is 0.978. The van der Waals surface area contributed by atoms with E-state index in [4.69, 9.17) is 4.74 Å². The lowest BCUT2D eigenvalue weighted by Gasteiger charge is -2.22. The number of carbonyl (C=O) groups excluding carboxylic acids is 2. The van der Waals surface area contributed by atoms with E-state index in [1.807, 2.05) is 0 Å². The lowest BCUT2D eigenvalue weighted by molar-refractivity contribution is -0.143. The predicted molar refractivity (Wildman–Crippen MR) is 426 cm³/mol. The van der Waals surface area contributed by atoms with Gasteiger partial charge < -0.3 is 20.3 Å². The van der Waals surface area contributed by atoms with Crippen molar-refractivity contribution in [3.8, 4) is 0 Å². The molecule has 6 heteroatoms. The number of aliphatic hydroxyl groups excluding tert-OH is 2. The molecular formula is C90H179NO5. The molecule has 2 unspecified atom stereocenters. The number of unbranched alkanes of at least 4 members (excludes halogenated alkanes) is 76. The van der Waals surface area contributed by atoms with Crippen LogP contribution in [0.15, 0.2) is 0 Å². The average molecular weight is 1360 g/mol. The van der Waals surface area contributed by atoms with E-state index >= 15 is 0 Å². The van der Waals surface area contributed by atoms with Crippen molar-refractivity contribution in [1.82, 2.24) is 5.32 Å². The molecule has 1 amide bonds. The van der Waals surface area contributed by atoms with Gasteiger partial charge in [-0.25, -0.2) is 0 Å².